The number of rotatable bonds is 2. The number of nitriles is 1. The van der Waals surface area contributed by atoms with Crippen LogP contribution in [0.2, 0.25) is 5.02 Å². The van der Waals surface area contributed by atoms with Gasteiger partial charge in [0.1, 0.15) is 11.0 Å². The van der Waals surface area contributed by atoms with Gasteiger partial charge in [0.25, 0.3) is 0 Å². The highest BCUT2D eigenvalue weighted by atomic mass is 35.5. The van der Waals surface area contributed by atoms with Crippen molar-refractivity contribution in [2.45, 2.75) is 0 Å². The van der Waals surface area contributed by atoms with Crippen molar-refractivity contribution >= 4 is 27.5 Å². The van der Waals surface area contributed by atoms with Gasteiger partial charge in [-0.2, -0.15) is 5.26 Å². The predicted molar refractivity (Wildman–Crippen MR) is 59.9 cm³/mol. The molecule has 0 heterocycles. The zero-order chi connectivity index (χ0) is 11.5. The molecule has 1 aromatic rings. The average molecular weight is 242 g/mol. The van der Waals surface area contributed by atoms with Crippen molar-refractivity contribution in [3.8, 4) is 6.07 Å². The van der Waals surface area contributed by atoms with E-state index in [9.17, 15) is 8.42 Å². The predicted octanol–water partition coefficient (Wildman–Crippen LogP) is 2.25. The molecule has 0 saturated heterocycles. The molecule has 1 rings (SSSR count). The molecule has 3 nitrogen and oxygen atoms in total. The second-order valence-electron chi connectivity index (χ2n) is 2.91. The van der Waals surface area contributed by atoms with E-state index in [0.717, 1.165) is 6.26 Å². The lowest BCUT2D eigenvalue weighted by Crippen LogP contribution is -1.98. The zero-order valence-electron chi connectivity index (χ0n) is 7.94. The van der Waals surface area contributed by atoms with E-state index in [0.29, 0.717) is 10.6 Å². The Kier molecular flexibility index (Phi) is 3.51. The Morgan fingerprint density at radius 2 is 2.07 bits per heavy atom. The summed E-state index contributed by atoms with van der Waals surface area (Å²) < 4.78 is 22.3. The van der Waals surface area contributed by atoms with Crippen molar-refractivity contribution in [1.82, 2.24) is 0 Å². The third-order valence-corrected chi connectivity index (χ3v) is 3.05. The van der Waals surface area contributed by atoms with E-state index in [1.54, 1.807) is 30.3 Å². The first kappa shape index (κ1) is 11.8. The van der Waals surface area contributed by atoms with Crippen molar-refractivity contribution in [1.29, 1.82) is 5.26 Å². The first-order chi connectivity index (χ1) is 6.95. The normalized spacial score (nSPS) is 12.2. The van der Waals surface area contributed by atoms with Gasteiger partial charge in [-0.05, 0) is 17.7 Å². The fraction of sp³-hybridized carbons (Fsp3) is 0.100. The van der Waals surface area contributed by atoms with Crippen LogP contribution in [0.15, 0.2) is 29.2 Å². The Labute approximate surface area is 93.5 Å². The van der Waals surface area contributed by atoms with Crippen LogP contribution < -0.4 is 0 Å². The molecule has 5 heteroatoms. The molecule has 0 radical (unpaired) electrons. The highest BCUT2D eigenvalue weighted by Crippen LogP contribution is 2.19. The number of hydrogen-bond donors (Lipinski definition) is 0. The summed E-state index contributed by atoms with van der Waals surface area (Å²) in [5.41, 5.74) is 0.515. The lowest BCUT2D eigenvalue weighted by molar-refractivity contribution is 0.609. The fourth-order valence-electron chi connectivity index (χ4n) is 0.956. The number of halogens is 1. The number of sulfone groups is 1. The summed E-state index contributed by atoms with van der Waals surface area (Å²) in [4.78, 5) is -0.296. The molecule has 0 unspecified atom stereocenters. The molecule has 0 bridgehead atoms. The Balaban J connectivity index is 3.30. The van der Waals surface area contributed by atoms with E-state index in [1.807, 2.05) is 0 Å². The van der Waals surface area contributed by atoms with Gasteiger partial charge in [-0.15, -0.1) is 0 Å². The van der Waals surface area contributed by atoms with Gasteiger partial charge in [0.15, 0.2) is 9.84 Å². The Morgan fingerprint density at radius 1 is 1.47 bits per heavy atom. The molecule has 78 valence electrons. The monoisotopic (exact) mass is 241 g/mol. The standard InChI is InChI=1S/C10H8ClNO2S/c1-15(13,14)9(7-12)6-8-4-2-3-5-10(8)11/h2-6H,1H3/b9-6-. The SMILES string of the molecule is CS(=O)(=O)/C(C#N)=C\c1ccccc1Cl. The molecule has 0 aromatic heterocycles. The third kappa shape index (κ3) is 3.08. The summed E-state index contributed by atoms with van der Waals surface area (Å²) >= 11 is 5.83. The lowest BCUT2D eigenvalue weighted by atomic mass is 10.2. The Bertz CT molecular complexity index is 541. The molecule has 0 spiro atoms. The van der Waals surface area contributed by atoms with Gasteiger partial charge in [-0.3, -0.25) is 0 Å². The van der Waals surface area contributed by atoms with Crippen LogP contribution in [0.25, 0.3) is 6.08 Å². The number of hydrogen-bond acceptors (Lipinski definition) is 3. The second-order valence-corrected chi connectivity index (χ2v) is 5.31. The minimum Gasteiger partial charge on any atom is -0.223 e. The third-order valence-electron chi connectivity index (χ3n) is 1.70. The molecule has 15 heavy (non-hydrogen) atoms. The summed E-state index contributed by atoms with van der Waals surface area (Å²) in [5, 5.41) is 9.08. The number of benzene rings is 1. The molecule has 0 amide bonds. The van der Waals surface area contributed by atoms with Gasteiger partial charge in [0.2, 0.25) is 0 Å². The van der Waals surface area contributed by atoms with E-state index >= 15 is 0 Å². The number of allylic oxidation sites excluding steroid dienone is 1. The van der Waals surface area contributed by atoms with Crippen LogP contribution in [0.4, 0.5) is 0 Å². The highest BCUT2D eigenvalue weighted by molar-refractivity contribution is 7.95. The molecule has 0 aliphatic carbocycles. The van der Waals surface area contributed by atoms with E-state index in [2.05, 4.69) is 0 Å². The lowest BCUT2D eigenvalue weighted by Gasteiger charge is -1.98. The van der Waals surface area contributed by atoms with E-state index < -0.39 is 9.84 Å². The minimum absolute atomic E-state index is 0.296. The summed E-state index contributed by atoms with van der Waals surface area (Å²) in [5.74, 6) is 0. The van der Waals surface area contributed by atoms with Crippen LogP contribution in [0.1, 0.15) is 5.56 Å². The van der Waals surface area contributed by atoms with Gasteiger partial charge in [-0.1, -0.05) is 29.8 Å². The number of nitrogens with zero attached hydrogens (tertiary/aromatic N) is 1. The Hall–Kier alpha value is -1.31. The molecule has 0 fully saturated rings. The highest BCUT2D eigenvalue weighted by Gasteiger charge is 2.10. The summed E-state index contributed by atoms with van der Waals surface area (Å²) in [6, 6.07) is 8.35. The smallest absolute Gasteiger partial charge is 0.185 e. The van der Waals surface area contributed by atoms with E-state index in [1.165, 1.54) is 6.08 Å². The van der Waals surface area contributed by atoms with Crippen molar-refractivity contribution < 1.29 is 8.42 Å². The van der Waals surface area contributed by atoms with Crippen molar-refractivity contribution in [2.75, 3.05) is 6.26 Å². The maximum atomic E-state index is 11.1. The average Bonchev–Trinajstić information content (AvgIpc) is 2.14. The van der Waals surface area contributed by atoms with E-state index in [-0.39, 0.29) is 4.91 Å². The van der Waals surface area contributed by atoms with Crippen molar-refractivity contribution in [3.63, 3.8) is 0 Å². The quantitative estimate of drug-likeness (QED) is 0.747. The zero-order valence-corrected chi connectivity index (χ0v) is 9.51. The van der Waals surface area contributed by atoms with Crippen molar-refractivity contribution in [3.05, 3.63) is 39.8 Å². The molecule has 0 aliphatic heterocycles. The van der Waals surface area contributed by atoms with Gasteiger partial charge >= 0.3 is 0 Å². The van der Waals surface area contributed by atoms with Crippen LogP contribution >= 0.6 is 11.6 Å². The maximum Gasteiger partial charge on any atom is 0.185 e. The fourth-order valence-corrected chi connectivity index (χ4v) is 1.65. The van der Waals surface area contributed by atoms with Crippen molar-refractivity contribution in [2.24, 2.45) is 0 Å². The van der Waals surface area contributed by atoms with Gasteiger partial charge < -0.3 is 0 Å². The summed E-state index contributed by atoms with van der Waals surface area (Å²) in [7, 11) is -3.49. The van der Waals surface area contributed by atoms with Crippen LogP contribution in [-0.2, 0) is 9.84 Å². The Morgan fingerprint density at radius 3 is 2.53 bits per heavy atom. The molecule has 0 aliphatic rings. The van der Waals surface area contributed by atoms with E-state index in [4.69, 9.17) is 16.9 Å². The molecule has 0 N–H and O–H groups in total. The van der Waals surface area contributed by atoms with Crippen LogP contribution in [0, 0.1) is 11.3 Å². The summed E-state index contributed by atoms with van der Waals surface area (Å²) in [6.07, 6.45) is 2.25. The second kappa shape index (κ2) is 4.47. The minimum atomic E-state index is -3.49. The van der Waals surface area contributed by atoms with Gasteiger partial charge in [0.05, 0.1) is 0 Å². The first-order valence-electron chi connectivity index (χ1n) is 4.01. The first-order valence-corrected chi connectivity index (χ1v) is 6.28. The van der Waals surface area contributed by atoms with Crippen LogP contribution in [0.5, 0.6) is 0 Å². The molecule has 0 atom stereocenters. The van der Waals surface area contributed by atoms with Crippen LogP contribution in [-0.4, -0.2) is 14.7 Å². The molecular weight excluding hydrogens is 234 g/mol. The topological polar surface area (TPSA) is 57.9 Å². The largest absolute Gasteiger partial charge is 0.223 e. The summed E-state index contributed by atoms with van der Waals surface area (Å²) in [6.45, 7) is 0. The molecule has 1 aromatic carbocycles. The maximum absolute atomic E-state index is 11.1. The van der Waals surface area contributed by atoms with Gasteiger partial charge in [0, 0.05) is 11.3 Å². The molecular formula is C10H8ClNO2S. The van der Waals surface area contributed by atoms with Gasteiger partial charge in [-0.25, -0.2) is 8.42 Å². The molecule has 0 saturated carbocycles. The van der Waals surface area contributed by atoms with Crippen LogP contribution in [0.3, 0.4) is 0 Å².